The molecule has 2 aliphatic rings. The minimum Gasteiger partial charge on any atom is -0.448 e. The van der Waals surface area contributed by atoms with Gasteiger partial charge in [-0.1, -0.05) is 19.1 Å². The number of nitrogens with zero attached hydrogens (tertiary/aromatic N) is 2. The Hall–Kier alpha value is -2.84. The Kier molecular flexibility index (Phi) is 5.29. The van der Waals surface area contributed by atoms with Crippen LogP contribution in [0.15, 0.2) is 35.1 Å². The van der Waals surface area contributed by atoms with E-state index in [1.165, 1.54) is 18.5 Å². The Labute approximate surface area is 171 Å². The number of aromatic nitrogens is 1. The van der Waals surface area contributed by atoms with Crippen molar-refractivity contribution in [3.05, 3.63) is 53.5 Å². The van der Waals surface area contributed by atoms with Crippen molar-refractivity contribution in [1.29, 1.82) is 0 Å². The van der Waals surface area contributed by atoms with Crippen LogP contribution in [0.3, 0.4) is 0 Å². The first kappa shape index (κ1) is 20.4. The van der Waals surface area contributed by atoms with Gasteiger partial charge in [0.2, 0.25) is 17.7 Å². The van der Waals surface area contributed by atoms with Crippen molar-refractivity contribution in [3.8, 4) is 0 Å². The van der Waals surface area contributed by atoms with Gasteiger partial charge in [-0.2, -0.15) is 0 Å². The van der Waals surface area contributed by atoms with E-state index in [1.54, 1.807) is 24.0 Å². The zero-order valence-electron chi connectivity index (χ0n) is 16.4. The Morgan fingerprint density at radius 2 is 2.00 bits per heavy atom. The lowest BCUT2D eigenvalue weighted by Crippen LogP contribution is -2.48. The molecular formula is C21H22F3N3O3. The Morgan fingerprint density at radius 1 is 1.30 bits per heavy atom. The molecule has 1 aromatic carbocycles. The van der Waals surface area contributed by atoms with Crippen LogP contribution in [-0.4, -0.2) is 40.7 Å². The minimum absolute atomic E-state index is 0.0536. The summed E-state index contributed by atoms with van der Waals surface area (Å²) in [5.74, 6) is -4.40. The smallest absolute Gasteiger partial charge is 0.249 e. The molecule has 0 radical (unpaired) electrons. The van der Waals surface area contributed by atoms with Crippen LogP contribution in [0.4, 0.5) is 13.2 Å². The molecule has 1 aliphatic heterocycles. The molecule has 0 saturated heterocycles. The molecule has 30 heavy (non-hydrogen) atoms. The van der Waals surface area contributed by atoms with Crippen LogP contribution < -0.4 is 5.32 Å². The topological polar surface area (TPSA) is 75.4 Å². The number of benzene rings is 1. The fourth-order valence-corrected chi connectivity index (χ4v) is 4.02. The van der Waals surface area contributed by atoms with Crippen LogP contribution in [0.25, 0.3) is 0 Å². The van der Waals surface area contributed by atoms with Crippen molar-refractivity contribution < 1.29 is 27.2 Å². The highest BCUT2D eigenvalue weighted by molar-refractivity contribution is 5.83. The number of hydrogen-bond acceptors (Lipinski definition) is 4. The quantitative estimate of drug-likeness (QED) is 0.805. The van der Waals surface area contributed by atoms with Crippen LogP contribution in [0.5, 0.6) is 0 Å². The molecule has 2 atom stereocenters. The molecule has 2 aromatic rings. The van der Waals surface area contributed by atoms with Crippen molar-refractivity contribution in [2.45, 2.75) is 38.2 Å². The summed E-state index contributed by atoms with van der Waals surface area (Å²) in [5.41, 5.74) is 1.31. The number of alkyl halides is 2. The SMILES string of the molecule is CC(CNC(=O)C1CC(F)(F)C1)C(=O)N1CCc2ocnc2C1c1ccc(F)cc1. The lowest BCUT2D eigenvalue weighted by atomic mass is 9.80. The molecule has 6 nitrogen and oxygen atoms in total. The monoisotopic (exact) mass is 421 g/mol. The van der Waals surface area contributed by atoms with Gasteiger partial charge in [-0.3, -0.25) is 9.59 Å². The summed E-state index contributed by atoms with van der Waals surface area (Å²) in [4.78, 5) is 31.1. The summed E-state index contributed by atoms with van der Waals surface area (Å²) in [6.45, 7) is 2.12. The van der Waals surface area contributed by atoms with E-state index in [0.717, 1.165) is 0 Å². The lowest BCUT2D eigenvalue weighted by Gasteiger charge is -2.37. The first-order valence-electron chi connectivity index (χ1n) is 9.89. The highest BCUT2D eigenvalue weighted by Gasteiger charge is 2.48. The van der Waals surface area contributed by atoms with E-state index in [4.69, 9.17) is 4.42 Å². The molecule has 1 saturated carbocycles. The Bertz CT molecular complexity index is 936. The van der Waals surface area contributed by atoms with E-state index in [9.17, 15) is 22.8 Å². The molecule has 1 aliphatic carbocycles. The zero-order valence-corrected chi connectivity index (χ0v) is 16.4. The number of carbonyl (C=O) groups excluding carboxylic acids is 2. The molecule has 2 amide bonds. The molecule has 160 valence electrons. The summed E-state index contributed by atoms with van der Waals surface area (Å²) in [5, 5.41) is 2.61. The van der Waals surface area contributed by atoms with Gasteiger partial charge >= 0.3 is 0 Å². The molecule has 4 rings (SSSR count). The van der Waals surface area contributed by atoms with Crippen molar-refractivity contribution in [3.63, 3.8) is 0 Å². The van der Waals surface area contributed by atoms with E-state index in [0.29, 0.717) is 30.0 Å². The maximum atomic E-state index is 13.4. The van der Waals surface area contributed by atoms with Crippen LogP contribution >= 0.6 is 0 Å². The van der Waals surface area contributed by atoms with Gasteiger partial charge in [0.1, 0.15) is 23.3 Å². The molecule has 1 aromatic heterocycles. The fourth-order valence-electron chi connectivity index (χ4n) is 4.02. The third-order valence-electron chi connectivity index (χ3n) is 5.76. The summed E-state index contributed by atoms with van der Waals surface area (Å²) in [6.07, 6.45) is 0.923. The maximum absolute atomic E-state index is 13.4. The number of fused-ring (bicyclic) bond motifs is 1. The predicted molar refractivity (Wildman–Crippen MR) is 100 cm³/mol. The number of halogens is 3. The summed E-state index contributed by atoms with van der Waals surface area (Å²) in [7, 11) is 0. The minimum atomic E-state index is -2.77. The second-order valence-corrected chi connectivity index (χ2v) is 8.00. The number of rotatable bonds is 5. The van der Waals surface area contributed by atoms with Gasteiger partial charge in [0.25, 0.3) is 0 Å². The summed E-state index contributed by atoms with van der Waals surface area (Å²) < 4.78 is 44.7. The standard InChI is InChI=1S/C21H22F3N3O3/c1-12(10-25-19(28)14-8-21(23,24)9-14)20(29)27-7-6-16-17(26-11-30-16)18(27)13-2-4-15(22)5-3-13/h2-5,11-12,14,18H,6-10H2,1H3,(H,25,28). The van der Waals surface area contributed by atoms with E-state index in [2.05, 4.69) is 10.3 Å². The van der Waals surface area contributed by atoms with Gasteiger partial charge in [0.15, 0.2) is 6.39 Å². The first-order valence-corrected chi connectivity index (χ1v) is 9.89. The highest BCUT2D eigenvalue weighted by Crippen LogP contribution is 2.42. The third kappa shape index (κ3) is 3.93. The third-order valence-corrected chi connectivity index (χ3v) is 5.76. The maximum Gasteiger partial charge on any atom is 0.249 e. The van der Waals surface area contributed by atoms with Crippen molar-refractivity contribution >= 4 is 11.8 Å². The van der Waals surface area contributed by atoms with Gasteiger partial charge in [-0.05, 0) is 17.7 Å². The average molecular weight is 421 g/mol. The molecule has 2 heterocycles. The molecule has 1 fully saturated rings. The van der Waals surface area contributed by atoms with Crippen molar-refractivity contribution in [2.75, 3.05) is 13.1 Å². The van der Waals surface area contributed by atoms with E-state index in [1.807, 2.05) is 0 Å². The number of carbonyl (C=O) groups is 2. The van der Waals surface area contributed by atoms with Gasteiger partial charge in [0, 0.05) is 38.3 Å². The fraction of sp³-hybridized carbons (Fsp3) is 0.476. The van der Waals surface area contributed by atoms with E-state index in [-0.39, 0.29) is 18.3 Å². The number of amides is 2. The molecule has 0 spiro atoms. The Morgan fingerprint density at radius 3 is 2.67 bits per heavy atom. The van der Waals surface area contributed by atoms with Crippen LogP contribution in [0.1, 0.15) is 42.8 Å². The van der Waals surface area contributed by atoms with Crippen LogP contribution in [-0.2, 0) is 16.0 Å². The second kappa shape index (κ2) is 7.77. The highest BCUT2D eigenvalue weighted by atomic mass is 19.3. The lowest BCUT2D eigenvalue weighted by molar-refractivity contribution is -0.150. The second-order valence-electron chi connectivity index (χ2n) is 8.00. The van der Waals surface area contributed by atoms with Gasteiger partial charge in [0.05, 0.1) is 5.92 Å². The average Bonchev–Trinajstić information content (AvgIpc) is 3.18. The number of oxazole rings is 1. The van der Waals surface area contributed by atoms with Crippen molar-refractivity contribution in [2.24, 2.45) is 11.8 Å². The normalized spacial score (nSPS) is 21.5. The summed E-state index contributed by atoms with van der Waals surface area (Å²) in [6, 6.07) is 5.33. The predicted octanol–water partition coefficient (Wildman–Crippen LogP) is 3.09. The molecule has 0 bridgehead atoms. The van der Waals surface area contributed by atoms with E-state index < -0.39 is 42.5 Å². The molecule has 2 unspecified atom stereocenters. The van der Waals surface area contributed by atoms with Gasteiger partial charge in [-0.15, -0.1) is 0 Å². The van der Waals surface area contributed by atoms with Crippen LogP contribution in [0.2, 0.25) is 0 Å². The van der Waals surface area contributed by atoms with Crippen LogP contribution in [0, 0.1) is 17.7 Å². The van der Waals surface area contributed by atoms with E-state index >= 15 is 0 Å². The zero-order chi connectivity index (χ0) is 21.5. The Balaban J connectivity index is 1.46. The molecule has 1 N–H and O–H groups in total. The molecular weight excluding hydrogens is 399 g/mol. The first-order chi connectivity index (χ1) is 14.2. The summed E-state index contributed by atoms with van der Waals surface area (Å²) >= 11 is 0. The largest absolute Gasteiger partial charge is 0.448 e. The molecule has 9 heteroatoms. The number of nitrogens with one attached hydrogen (secondary N) is 1. The number of hydrogen-bond donors (Lipinski definition) is 1. The van der Waals surface area contributed by atoms with Crippen molar-refractivity contribution in [1.82, 2.24) is 15.2 Å². The van der Waals surface area contributed by atoms with Gasteiger partial charge in [-0.25, -0.2) is 18.2 Å². The van der Waals surface area contributed by atoms with Gasteiger partial charge < -0.3 is 14.6 Å².